The second-order valence-corrected chi connectivity index (χ2v) is 9.07. The Kier molecular flexibility index (Phi) is 5.82. The van der Waals surface area contributed by atoms with Crippen LogP contribution in [0.2, 0.25) is 0 Å². The molecule has 1 unspecified atom stereocenters. The van der Waals surface area contributed by atoms with Gasteiger partial charge in [-0.3, -0.25) is 14.6 Å². The fraction of sp³-hybridized carbons (Fsp3) is 0.480. The van der Waals surface area contributed by atoms with Gasteiger partial charge in [0.05, 0.1) is 11.3 Å². The van der Waals surface area contributed by atoms with Crippen LogP contribution in [0, 0.1) is 12.7 Å². The standard InChI is InChI=1S/C25H30FN3O2/c1-4-25(3)11-5-6-12-29(25)24(31)17-7-10-22(27-15-17)20-13-18(14-21(26)16(20)2)23(30)28-19-8-9-19/h7,10,13-15,19H,4-6,8-9,11-12H2,1-3H3,(H,28,30). The van der Waals surface area contributed by atoms with Crippen LogP contribution < -0.4 is 5.32 Å². The van der Waals surface area contributed by atoms with Gasteiger partial charge in [0.15, 0.2) is 0 Å². The van der Waals surface area contributed by atoms with Gasteiger partial charge in [-0.2, -0.15) is 0 Å². The third-order valence-electron chi connectivity index (χ3n) is 6.81. The molecule has 1 saturated carbocycles. The van der Waals surface area contributed by atoms with Gasteiger partial charge in [-0.05, 0) is 82.2 Å². The lowest BCUT2D eigenvalue weighted by Gasteiger charge is -2.44. The van der Waals surface area contributed by atoms with Crippen molar-refractivity contribution in [3.05, 3.63) is 53.0 Å². The first-order chi connectivity index (χ1) is 14.8. The number of nitrogens with one attached hydrogen (secondary N) is 1. The van der Waals surface area contributed by atoms with Crippen molar-refractivity contribution in [2.45, 2.75) is 70.9 Å². The van der Waals surface area contributed by atoms with Crippen LogP contribution in [0.1, 0.15) is 78.7 Å². The lowest BCUT2D eigenvalue weighted by Crippen LogP contribution is -2.52. The maximum Gasteiger partial charge on any atom is 0.255 e. The van der Waals surface area contributed by atoms with Gasteiger partial charge in [0.2, 0.25) is 0 Å². The number of carbonyl (C=O) groups is 2. The molecule has 4 rings (SSSR count). The zero-order valence-electron chi connectivity index (χ0n) is 18.5. The van der Waals surface area contributed by atoms with Gasteiger partial charge in [0.25, 0.3) is 11.8 Å². The van der Waals surface area contributed by atoms with Crippen molar-refractivity contribution in [1.29, 1.82) is 0 Å². The number of pyridine rings is 1. The summed E-state index contributed by atoms with van der Waals surface area (Å²) in [7, 11) is 0. The van der Waals surface area contributed by atoms with Crippen molar-refractivity contribution in [2.75, 3.05) is 6.54 Å². The van der Waals surface area contributed by atoms with Gasteiger partial charge >= 0.3 is 0 Å². The Hall–Kier alpha value is -2.76. The van der Waals surface area contributed by atoms with Crippen molar-refractivity contribution in [1.82, 2.24) is 15.2 Å². The van der Waals surface area contributed by atoms with Crippen LogP contribution in [0.3, 0.4) is 0 Å². The minimum Gasteiger partial charge on any atom is -0.349 e. The van der Waals surface area contributed by atoms with Crippen LogP contribution in [0.15, 0.2) is 30.5 Å². The zero-order valence-corrected chi connectivity index (χ0v) is 18.5. The quantitative estimate of drug-likeness (QED) is 0.745. The van der Waals surface area contributed by atoms with E-state index in [4.69, 9.17) is 0 Å². The number of likely N-dealkylation sites (tertiary alicyclic amines) is 1. The first kappa shape index (κ1) is 21.5. The Morgan fingerprint density at radius 2 is 2.00 bits per heavy atom. The molecule has 2 amide bonds. The fourth-order valence-corrected chi connectivity index (χ4v) is 4.30. The van der Waals surface area contributed by atoms with E-state index in [0.717, 1.165) is 45.1 Å². The van der Waals surface area contributed by atoms with Crippen molar-refractivity contribution < 1.29 is 14.0 Å². The maximum atomic E-state index is 14.5. The largest absolute Gasteiger partial charge is 0.349 e. The normalized spacial score (nSPS) is 21.1. The molecule has 1 aromatic carbocycles. The Balaban J connectivity index is 1.60. The van der Waals surface area contributed by atoms with Crippen molar-refractivity contribution in [3.8, 4) is 11.3 Å². The molecule has 0 radical (unpaired) electrons. The molecule has 6 heteroatoms. The second-order valence-electron chi connectivity index (χ2n) is 9.07. The number of aromatic nitrogens is 1. The number of nitrogens with zero attached hydrogens (tertiary/aromatic N) is 2. The Morgan fingerprint density at radius 3 is 2.65 bits per heavy atom. The number of piperidine rings is 1. The summed E-state index contributed by atoms with van der Waals surface area (Å²) in [6.45, 7) is 6.70. The molecule has 2 heterocycles. The van der Waals surface area contributed by atoms with Gasteiger partial charge in [-0.1, -0.05) is 6.92 Å². The number of benzene rings is 1. The van der Waals surface area contributed by atoms with Crippen LogP contribution in [-0.2, 0) is 0 Å². The Labute approximate surface area is 183 Å². The molecule has 1 aromatic heterocycles. The highest BCUT2D eigenvalue weighted by molar-refractivity contribution is 5.96. The van der Waals surface area contributed by atoms with Crippen LogP contribution in [0.25, 0.3) is 11.3 Å². The van der Waals surface area contributed by atoms with Gasteiger partial charge in [-0.15, -0.1) is 0 Å². The summed E-state index contributed by atoms with van der Waals surface area (Å²) in [4.78, 5) is 32.0. The van der Waals surface area contributed by atoms with E-state index in [2.05, 4.69) is 24.1 Å². The van der Waals surface area contributed by atoms with Crippen LogP contribution >= 0.6 is 0 Å². The fourth-order valence-electron chi connectivity index (χ4n) is 4.30. The number of carbonyl (C=O) groups excluding carboxylic acids is 2. The van der Waals surface area contributed by atoms with E-state index >= 15 is 0 Å². The average Bonchev–Trinajstić information content (AvgIpc) is 3.59. The molecule has 1 aliphatic carbocycles. The maximum absolute atomic E-state index is 14.5. The van der Waals surface area contributed by atoms with E-state index in [0.29, 0.717) is 27.9 Å². The molecular weight excluding hydrogens is 393 g/mol. The molecule has 1 atom stereocenters. The minimum absolute atomic E-state index is 0.0106. The predicted molar refractivity (Wildman–Crippen MR) is 118 cm³/mol. The average molecular weight is 424 g/mol. The molecule has 0 bridgehead atoms. The molecule has 5 nitrogen and oxygen atoms in total. The number of hydrogen-bond acceptors (Lipinski definition) is 3. The summed E-state index contributed by atoms with van der Waals surface area (Å²) >= 11 is 0. The van der Waals surface area contributed by atoms with Gasteiger partial charge in [0.1, 0.15) is 5.82 Å². The molecule has 2 fully saturated rings. The van der Waals surface area contributed by atoms with E-state index in [1.54, 1.807) is 31.3 Å². The topological polar surface area (TPSA) is 62.3 Å². The first-order valence-electron chi connectivity index (χ1n) is 11.2. The van der Waals surface area contributed by atoms with Gasteiger partial charge in [-0.25, -0.2) is 4.39 Å². The number of amides is 2. The molecule has 2 aromatic rings. The summed E-state index contributed by atoms with van der Waals surface area (Å²) in [5.41, 5.74) is 2.24. The van der Waals surface area contributed by atoms with Crippen LogP contribution in [-0.4, -0.2) is 39.8 Å². The summed E-state index contributed by atoms with van der Waals surface area (Å²) in [6.07, 6.45) is 7.59. The van der Waals surface area contributed by atoms with Gasteiger partial charge < -0.3 is 10.2 Å². The third kappa shape index (κ3) is 4.34. The summed E-state index contributed by atoms with van der Waals surface area (Å²) in [6, 6.07) is 6.65. The zero-order chi connectivity index (χ0) is 22.2. The summed E-state index contributed by atoms with van der Waals surface area (Å²) in [5.74, 6) is -0.714. The first-order valence-corrected chi connectivity index (χ1v) is 11.2. The van der Waals surface area contributed by atoms with E-state index < -0.39 is 5.82 Å². The smallest absolute Gasteiger partial charge is 0.255 e. The van der Waals surface area contributed by atoms with E-state index in [9.17, 15) is 14.0 Å². The monoisotopic (exact) mass is 423 g/mol. The van der Waals surface area contributed by atoms with E-state index in [-0.39, 0.29) is 23.4 Å². The second kappa shape index (κ2) is 8.40. The molecule has 31 heavy (non-hydrogen) atoms. The SMILES string of the molecule is CCC1(C)CCCCN1C(=O)c1ccc(-c2cc(C(=O)NC3CC3)cc(F)c2C)nc1. The summed E-state index contributed by atoms with van der Waals surface area (Å²) in [5, 5.41) is 2.89. The van der Waals surface area contributed by atoms with E-state index in [1.807, 2.05) is 4.90 Å². The molecule has 164 valence electrons. The van der Waals surface area contributed by atoms with Gasteiger partial charge in [0, 0.05) is 35.4 Å². The lowest BCUT2D eigenvalue weighted by molar-refractivity contribution is 0.0362. The molecule has 2 aliphatic rings. The number of halogens is 1. The van der Waals surface area contributed by atoms with Crippen molar-refractivity contribution in [2.24, 2.45) is 0 Å². The highest BCUT2D eigenvalue weighted by Gasteiger charge is 2.36. The van der Waals surface area contributed by atoms with Crippen molar-refractivity contribution in [3.63, 3.8) is 0 Å². The highest BCUT2D eigenvalue weighted by atomic mass is 19.1. The highest BCUT2D eigenvalue weighted by Crippen LogP contribution is 2.32. The number of hydrogen-bond donors (Lipinski definition) is 1. The Bertz CT molecular complexity index is 1000. The Morgan fingerprint density at radius 1 is 1.23 bits per heavy atom. The lowest BCUT2D eigenvalue weighted by atomic mass is 9.85. The predicted octanol–water partition coefficient (Wildman–Crippen LogP) is 4.88. The molecule has 1 aliphatic heterocycles. The van der Waals surface area contributed by atoms with Crippen LogP contribution in [0.4, 0.5) is 4.39 Å². The third-order valence-corrected chi connectivity index (χ3v) is 6.81. The van der Waals surface area contributed by atoms with Crippen molar-refractivity contribution >= 4 is 11.8 Å². The molecular formula is C25H30FN3O2. The van der Waals surface area contributed by atoms with Crippen LogP contribution in [0.5, 0.6) is 0 Å². The summed E-state index contributed by atoms with van der Waals surface area (Å²) < 4.78 is 14.5. The molecule has 0 spiro atoms. The molecule has 1 saturated heterocycles. The minimum atomic E-state index is -0.438. The van der Waals surface area contributed by atoms with E-state index in [1.165, 1.54) is 6.07 Å². The molecule has 1 N–H and O–H groups in total. The number of rotatable bonds is 5.